The standard InChI is InChI=1S/C25H28ClN5O3/c1-2-31-22-21(24(33)29-25(31)34)18(13-19(28-22)15-8-9-15)23(32)27-14-20(30-10-3-4-11-30)16-6-5-7-17(26)12-16/h5-7,12-13,15,20H,2-4,8-11,14H2,1H3,(H,27,32)(H,29,33,34). The van der Waals surface area contributed by atoms with Gasteiger partial charge in [-0.3, -0.25) is 24.0 Å². The lowest BCUT2D eigenvalue weighted by atomic mass is 10.0. The monoisotopic (exact) mass is 481 g/mol. The Morgan fingerprint density at radius 3 is 2.68 bits per heavy atom. The summed E-state index contributed by atoms with van der Waals surface area (Å²) in [4.78, 5) is 48.0. The molecule has 0 bridgehead atoms. The van der Waals surface area contributed by atoms with Crippen molar-refractivity contribution in [1.82, 2.24) is 24.8 Å². The Morgan fingerprint density at radius 2 is 2.00 bits per heavy atom. The van der Waals surface area contributed by atoms with E-state index >= 15 is 0 Å². The van der Waals surface area contributed by atoms with Crippen molar-refractivity contribution in [3.63, 3.8) is 0 Å². The number of benzene rings is 1. The molecule has 1 saturated carbocycles. The maximum absolute atomic E-state index is 13.5. The van der Waals surface area contributed by atoms with Crippen LogP contribution in [0.15, 0.2) is 39.9 Å². The number of fused-ring (bicyclic) bond motifs is 1. The number of aryl methyl sites for hydroxylation is 1. The number of carbonyl (C=O) groups excluding carboxylic acids is 1. The Morgan fingerprint density at radius 1 is 1.24 bits per heavy atom. The normalized spacial score (nSPS) is 17.2. The second kappa shape index (κ2) is 9.35. The van der Waals surface area contributed by atoms with Gasteiger partial charge in [0, 0.05) is 29.7 Å². The maximum Gasteiger partial charge on any atom is 0.329 e. The Labute approximate surface area is 202 Å². The smallest absolute Gasteiger partial charge is 0.329 e. The number of hydrogen-bond donors (Lipinski definition) is 2. The molecule has 178 valence electrons. The molecule has 1 aromatic carbocycles. The highest BCUT2D eigenvalue weighted by Crippen LogP contribution is 2.40. The van der Waals surface area contributed by atoms with Crippen LogP contribution in [-0.4, -0.2) is 45.0 Å². The minimum atomic E-state index is -0.587. The molecule has 1 unspecified atom stereocenters. The number of likely N-dealkylation sites (tertiary alicyclic amines) is 1. The molecule has 1 atom stereocenters. The highest BCUT2D eigenvalue weighted by atomic mass is 35.5. The van der Waals surface area contributed by atoms with Crippen LogP contribution in [0.1, 0.15) is 66.2 Å². The van der Waals surface area contributed by atoms with Gasteiger partial charge in [0.2, 0.25) is 0 Å². The first-order chi connectivity index (χ1) is 16.5. The van der Waals surface area contributed by atoms with Gasteiger partial charge in [0.15, 0.2) is 5.65 Å². The number of halogens is 1. The second-order valence-electron chi connectivity index (χ2n) is 9.10. The average molecular weight is 482 g/mol. The number of aromatic nitrogens is 3. The summed E-state index contributed by atoms with van der Waals surface area (Å²) in [7, 11) is 0. The third kappa shape index (κ3) is 4.40. The lowest BCUT2D eigenvalue weighted by Gasteiger charge is -2.28. The number of rotatable bonds is 7. The number of pyridine rings is 1. The number of nitrogens with zero attached hydrogens (tertiary/aromatic N) is 3. The molecule has 1 aliphatic carbocycles. The zero-order chi connectivity index (χ0) is 23.8. The number of H-pyrrole nitrogens is 1. The third-order valence-corrected chi connectivity index (χ3v) is 7.03. The number of aromatic amines is 1. The van der Waals surface area contributed by atoms with Crippen molar-refractivity contribution in [3.05, 3.63) is 73.0 Å². The van der Waals surface area contributed by atoms with Crippen LogP contribution in [0.4, 0.5) is 0 Å². The summed E-state index contributed by atoms with van der Waals surface area (Å²) in [6.07, 6.45) is 4.22. The van der Waals surface area contributed by atoms with E-state index in [9.17, 15) is 14.4 Å². The van der Waals surface area contributed by atoms with Crippen LogP contribution in [0.3, 0.4) is 0 Å². The van der Waals surface area contributed by atoms with Gasteiger partial charge >= 0.3 is 5.69 Å². The summed E-state index contributed by atoms with van der Waals surface area (Å²) in [5, 5.41) is 3.88. The number of hydrogen-bond acceptors (Lipinski definition) is 5. The number of amides is 1. The lowest BCUT2D eigenvalue weighted by molar-refractivity contribution is 0.0939. The molecule has 3 heterocycles. The molecule has 9 heteroatoms. The SMILES string of the molecule is CCn1c(=O)[nH]c(=O)c2c(C(=O)NCC(c3cccc(Cl)c3)N3CCCC3)cc(C3CC3)nc21. The van der Waals surface area contributed by atoms with Gasteiger partial charge in [-0.05, 0) is 69.5 Å². The molecule has 3 aromatic rings. The quantitative estimate of drug-likeness (QED) is 0.539. The summed E-state index contributed by atoms with van der Waals surface area (Å²) in [5.74, 6) is -0.0771. The van der Waals surface area contributed by atoms with Crippen LogP contribution in [0, 0.1) is 0 Å². The zero-order valence-corrected chi connectivity index (χ0v) is 19.9. The zero-order valence-electron chi connectivity index (χ0n) is 19.1. The predicted molar refractivity (Wildman–Crippen MR) is 132 cm³/mol. The second-order valence-corrected chi connectivity index (χ2v) is 9.53. The summed E-state index contributed by atoms with van der Waals surface area (Å²) < 4.78 is 1.42. The summed E-state index contributed by atoms with van der Waals surface area (Å²) in [6, 6.07) is 9.43. The van der Waals surface area contributed by atoms with Crippen molar-refractivity contribution >= 4 is 28.5 Å². The molecule has 2 fully saturated rings. The van der Waals surface area contributed by atoms with Gasteiger partial charge in [-0.2, -0.15) is 0 Å². The van der Waals surface area contributed by atoms with Crippen LogP contribution < -0.4 is 16.6 Å². The van der Waals surface area contributed by atoms with Gasteiger partial charge < -0.3 is 5.32 Å². The highest BCUT2D eigenvalue weighted by molar-refractivity contribution is 6.30. The van der Waals surface area contributed by atoms with Crippen molar-refractivity contribution in [2.75, 3.05) is 19.6 Å². The maximum atomic E-state index is 13.5. The average Bonchev–Trinajstić information content (AvgIpc) is 3.54. The van der Waals surface area contributed by atoms with E-state index in [1.165, 1.54) is 4.57 Å². The Hall–Kier alpha value is -2.97. The Balaban J connectivity index is 1.51. The first-order valence-corrected chi connectivity index (χ1v) is 12.3. The van der Waals surface area contributed by atoms with E-state index in [0.717, 1.165) is 50.0 Å². The van der Waals surface area contributed by atoms with Crippen molar-refractivity contribution in [1.29, 1.82) is 0 Å². The molecular weight excluding hydrogens is 454 g/mol. The van der Waals surface area contributed by atoms with E-state index in [1.54, 1.807) is 6.07 Å². The van der Waals surface area contributed by atoms with Gasteiger partial charge in [-0.15, -0.1) is 0 Å². The fraction of sp³-hybridized carbons (Fsp3) is 0.440. The van der Waals surface area contributed by atoms with Gasteiger partial charge in [0.05, 0.1) is 17.0 Å². The molecule has 8 nitrogen and oxygen atoms in total. The fourth-order valence-electron chi connectivity index (χ4n) is 4.86. The van der Waals surface area contributed by atoms with Gasteiger partial charge in [0.25, 0.3) is 11.5 Å². The largest absolute Gasteiger partial charge is 0.350 e. The van der Waals surface area contributed by atoms with E-state index < -0.39 is 11.2 Å². The van der Waals surface area contributed by atoms with Gasteiger partial charge in [0.1, 0.15) is 0 Å². The van der Waals surface area contributed by atoms with Crippen LogP contribution in [0.5, 0.6) is 0 Å². The molecular formula is C25H28ClN5O3. The molecule has 5 rings (SSSR count). The Kier molecular flexibility index (Phi) is 6.27. The van der Waals surface area contributed by atoms with E-state index in [2.05, 4.69) is 20.2 Å². The molecule has 1 saturated heterocycles. The third-order valence-electron chi connectivity index (χ3n) is 6.80. The minimum absolute atomic E-state index is 0.0201. The van der Waals surface area contributed by atoms with E-state index in [1.807, 2.05) is 31.2 Å². The molecule has 1 aliphatic heterocycles. The molecule has 0 radical (unpaired) electrons. The molecule has 2 aliphatic rings. The minimum Gasteiger partial charge on any atom is -0.350 e. The van der Waals surface area contributed by atoms with Crippen LogP contribution in [0.2, 0.25) is 5.02 Å². The van der Waals surface area contributed by atoms with E-state index in [-0.39, 0.29) is 34.5 Å². The summed E-state index contributed by atoms with van der Waals surface area (Å²) >= 11 is 6.25. The van der Waals surface area contributed by atoms with Crippen LogP contribution >= 0.6 is 11.6 Å². The number of nitrogens with one attached hydrogen (secondary N) is 2. The first kappa shape index (κ1) is 22.8. The van der Waals surface area contributed by atoms with Crippen molar-refractivity contribution < 1.29 is 4.79 Å². The number of carbonyl (C=O) groups is 1. The summed E-state index contributed by atoms with van der Waals surface area (Å²) in [6.45, 7) is 4.46. The summed E-state index contributed by atoms with van der Waals surface area (Å²) in [5.41, 5.74) is 1.25. The van der Waals surface area contributed by atoms with E-state index in [0.29, 0.717) is 18.1 Å². The Bertz CT molecular complexity index is 1350. The van der Waals surface area contributed by atoms with Gasteiger partial charge in [-0.1, -0.05) is 23.7 Å². The van der Waals surface area contributed by atoms with Gasteiger partial charge in [-0.25, -0.2) is 9.78 Å². The van der Waals surface area contributed by atoms with Crippen molar-refractivity contribution in [3.8, 4) is 0 Å². The van der Waals surface area contributed by atoms with Crippen molar-refractivity contribution in [2.45, 2.75) is 51.1 Å². The molecule has 2 aromatic heterocycles. The predicted octanol–water partition coefficient (Wildman–Crippen LogP) is 3.20. The first-order valence-electron chi connectivity index (χ1n) is 11.9. The molecule has 2 N–H and O–H groups in total. The molecule has 34 heavy (non-hydrogen) atoms. The molecule has 1 amide bonds. The molecule has 0 spiro atoms. The van der Waals surface area contributed by atoms with Crippen molar-refractivity contribution in [2.24, 2.45) is 0 Å². The highest BCUT2D eigenvalue weighted by Gasteiger charge is 2.29. The topological polar surface area (TPSA) is 100 Å². The fourth-order valence-corrected chi connectivity index (χ4v) is 5.06. The lowest BCUT2D eigenvalue weighted by Crippen LogP contribution is -2.38. The van der Waals surface area contributed by atoms with Crippen LogP contribution in [0.25, 0.3) is 11.0 Å². The van der Waals surface area contributed by atoms with E-state index in [4.69, 9.17) is 11.6 Å². The van der Waals surface area contributed by atoms with Crippen LogP contribution in [-0.2, 0) is 6.54 Å².